The molecule has 3 rings (SSSR count). The number of nitrogens with zero attached hydrogens (tertiary/aromatic N) is 1. The van der Waals surface area contributed by atoms with Gasteiger partial charge in [-0.1, -0.05) is 18.2 Å². The molecule has 144 valence electrons. The minimum atomic E-state index is -0.676. The van der Waals surface area contributed by atoms with Gasteiger partial charge in [-0.25, -0.2) is 0 Å². The summed E-state index contributed by atoms with van der Waals surface area (Å²) in [5.41, 5.74) is 1.63. The van der Waals surface area contributed by atoms with Crippen molar-refractivity contribution < 1.29 is 18.7 Å². The summed E-state index contributed by atoms with van der Waals surface area (Å²) in [4.78, 5) is 15.5. The molecule has 0 amide bonds. The van der Waals surface area contributed by atoms with Crippen molar-refractivity contribution in [2.24, 2.45) is 0 Å². The molecule has 3 aromatic rings. The predicted octanol–water partition coefficient (Wildman–Crippen LogP) is 4.14. The standard InChI is InChI=1S/C22H27NO4/c1-22(2,23(11-13-25-3)12-14-26-4)21(24)16-9-10-20-18(15-16)17-7-5-6-8-19(17)27-20/h5-10,15H,11-14H2,1-4H3. The van der Waals surface area contributed by atoms with Gasteiger partial charge in [-0.15, -0.1) is 0 Å². The SMILES string of the molecule is COCCN(CCOC)C(C)(C)C(=O)c1ccc2oc3ccccc3c2c1. The zero-order chi connectivity index (χ0) is 19.4. The summed E-state index contributed by atoms with van der Waals surface area (Å²) in [5.74, 6) is 0.0712. The van der Waals surface area contributed by atoms with Gasteiger partial charge in [0.2, 0.25) is 0 Å². The number of methoxy groups -OCH3 is 2. The van der Waals surface area contributed by atoms with E-state index in [1.807, 2.05) is 56.3 Å². The first kappa shape index (κ1) is 19.5. The van der Waals surface area contributed by atoms with E-state index < -0.39 is 5.54 Å². The highest BCUT2D eigenvalue weighted by Crippen LogP contribution is 2.30. The van der Waals surface area contributed by atoms with Crippen LogP contribution in [0.2, 0.25) is 0 Å². The van der Waals surface area contributed by atoms with Gasteiger partial charge in [0.25, 0.3) is 0 Å². The molecule has 27 heavy (non-hydrogen) atoms. The number of benzene rings is 2. The van der Waals surface area contributed by atoms with E-state index in [1.54, 1.807) is 14.2 Å². The predicted molar refractivity (Wildman–Crippen MR) is 107 cm³/mol. The number of ketones is 1. The molecule has 0 saturated carbocycles. The lowest BCUT2D eigenvalue weighted by molar-refractivity contribution is 0.0418. The summed E-state index contributed by atoms with van der Waals surface area (Å²) >= 11 is 0. The number of carbonyl (C=O) groups is 1. The maximum Gasteiger partial charge on any atom is 0.182 e. The average molecular weight is 369 g/mol. The Bertz CT molecular complexity index is 920. The van der Waals surface area contributed by atoms with Crippen molar-refractivity contribution in [3.05, 3.63) is 48.0 Å². The first-order valence-corrected chi connectivity index (χ1v) is 9.18. The molecule has 0 aliphatic heterocycles. The maximum absolute atomic E-state index is 13.4. The molecule has 0 radical (unpaired) electrons. The van der Waals surface area contributed by atoms with Crippen LogP contribution in [-0.4, -0.2) is 56.7 Å². The highest BCUT2D eigenvalue weighted by Gasteiger charge is 2.35. The Labute approximate surface area is 159 Å². The lowest BCUT2D eigenvalue weighted by Crippen LogP contribution is -2.52. The lowest BCUT2D eigenvalue weighted by Gasteiger charge is -2.37. The number of rotatable bonds is 9. The van der Waals surface area contributed by atoms with Gasteiger partial charge < -0.3 is 13.9 Å². The van der Waals surface area contributed by atoms with E-state index in [9.17, 15) is 4.79 Å². The number of para-hydroxylation sites is 1. The third-order valence-corrected chi connectivity index (χ3v) is 5.12. The number of ether oxygens (including phenoxy) is 2. The fourth-order valence-electron chi connectivity index (χ4n) is 3.44. The van der Waals surface area contributed by atoms with E-state index in [0.29, 0.717) is 31.9 Å². The first-order valence-electron chi connectivity index (χ1n) is 9.18. The van der Waals surface area contributed by atoms with Crippen molar-refractivity contribution >= 4 is 27.7 Å². The molecule has 0 fully saturated rings. The second kappa shape index (κ2) is 8.21. The van der Waals surface area contributed by atoms with Gasteiger partial charge in [0, 0.05) is 43.6 Å². The molecule has 0 saturated heterocycles. The van der Waals surface area contributed by atoms with Crippen LogP contribution in [0.1, 0.15) is 24.2 Å². The summed E-state index contributed by atoms with van der Waals surface area (Å²) in [6, 6.07) is 13.6. The third-order valence-electron chi connectivity index (χ3n) is 5.12. The van der Waals surface area contributed by atoms with Crippen LogP contribution < -0.4 is 0 Å². The van der Waals surface area contributed by atoms with E-state index >= 15 is 0 Å². The van der Waals surface area contributed by atoms with Crippen LogP contribution in [0.25, 0.3) is 21.9 Å². The molecule has 0 unspecified atom stereocenters. The average Bonchev–Trinajstić information content (AvgIpc) is 3.05. The van der Waals surface area contributed by atoms with Gasteiger partial charge in [-0.05, 0) is 38.1 Å². The van der Waals surface area contributed by atoms with Crippen molar-refractivity contribution in [1.82, 2.24) is 4.90 Å². The molecule has 2 aromatic carbocycles. The monoisotopic (exact) mass is 369 g/mol. The largest absolute Gasteiger partial charge is 0.456 e. The summed E-state index contributed by atoms with van der Waals surface area (Å²) in [6.45, 7) is 6.36. The Hall–Kier alpha value is -2.21. The molecule has 0 aliphatic carbocycles. The van der Waals surface area contributed by atoms with Crippen LogP contribution in [0.15, 0.2) is 46.9 Å². The Balaban J connectivity index is 1.95. The molecule has 5 heteroatoms. The number of Topliss-reactive ketones (excluding diaryl/α,β-unsaturated/α-hetero) is 1. The number of carbonyl (C=O) groups excluding carboxylic acids is 1. The van der Waals surface area contributed by atoms with Crippen molar-refractivity contribution in [2.75, 3.05) is 40.5 Å². The molecular formula is C22H27NO4. The normalized spacial score (nSPS) is 12.3. The van der Waals surface area contributed by atoms with Crippen LogP contribution in [-0.2, 0) is 9.47 Å². The number of fused-ring (bicyclic) bond motifs is 3. The summed E-state index contributed by atoms with van der Waals surface area (Å²) < 4.78 is 16.3. The first-order chi connectivity index (χ1) is 13.0. The number of hydrogen-bond acceptors (Lipinski definition) is 5. The van der Waals surface area contributed by atoms with E-state index in [2.05, 4.69) is 4.90 Å². The summed E-state index contributed by atoms with van der Waals surface area (Å²) in [6.07, 6.45) is 0. The quantitative estimate of drug-likeness (QED) is 0.531. The summed E-state index contributed by atoms with van der Waals surface area (Å²) in [5, 5.41) is 1.99. The molecule has 0 spiro atoms. The molecule has 0 N–H and O–H groups in total. The van der Waals surface area contributed by atoms with E-state index in [1.165, 1.54) is 0 Å². The molecule has 1 aromatic heterocycles. The topological polar surface area (TPSA) is 51.9 Å². The Morgan fingerprint density at radius 1 is 0.963 bits per heavy atom. The van der Waals surface area contributed by atoms with Crippen LogP contribution >= 0.6 is 0 Å². The Kier molecular flexibility index (Phi) is 5.95. The Morgan fingerprint density at radius 2 is 1.59 bits per heavy atom. The zero-order valence-corrected chi connectivity index (χ0v) is 16.5. The van der Waals surface area contributed by atoms with Crippen LogP contribution in [0, 0.1) is 0 Å². The van der Waals surface area contributed by atoms with Crippen LogP contribution in [0.4, 0.5) is 0 Å². The minimum absolute atomic E-state index is 0.0712. The lowest BCUT2D eigenvalue weighted by atomic mass is 9.90. The van der Waals surface area contributed by atoms with Gasteiger partial charge in [-0.3, -0.25) is 9.69 Å². The van der Waals surface area contributed by atoms with Crippen molar-refractivity contribution in [3.8, 4) is 0 Å². The van der Waals surface area contributed by atoms with Crippen molar-refractivity contribution in [2.45, 2.75) is 19.4 Å². The summed E-state index contributed by atoms with van der Waals surface area (Å²) in [7, 11) is 3.34. The van der Waals surface area contributed by atoms with Gasteiger partial charge in [-0.2, -0.15) is 0 Å². The third kappa shape index (κ3) is 3.90. The highest BCUT2D eigenvalue weighted by atomic mass is 16.5. The highest BCUT2D eigenvalue weighted by molar-refractivity contribution is 6.10. The maximum atomic E-state index is 13.4. The van der Waals surface area contributed by atoms with E-state index in [4.69, 9.17) is 13.9 Å². The minimum Gasteiger partial charge on any atom is -0.456 e. The zero-order valence-electron chi connectivity index (χ0n) is 16.5. The van der Waals surface area contributed by atoms with Gasteiger partial charge in [0.15, 0.2) is 5.78 Å². The van der Waals surface area contributed by atoms with Crippen LogP contribution in [0.5, 0.6) is 0 Å². The molecular weight excluding hydrogens is 342 g/mol. The second-order valence-corrected chi connectivity index (χ2v) is 7.17. The van der Waals surface area contributed by atoms with Crippen LogP contribution in [0.3, 0.4) is 0 Å². The van der Waals surface area contributed by atoms with Gasteiger partial charge in [0.1, 0.15) is 11.2 Å². The van der Waals surface area contributed by atoms with Gasteiger partial charge >= 0.3 is 0 Å². The van der Waals surface area contributed by atoms with Crippen molar-refractivity contribution in [3.63, 3.8) is 0 Å². The van der Waals surface area contributed by atoms with Crippen molar-refractivity contribution in [1.29, 1.82) is 0 Å². The number of hydrogen-bond donors (Lipinski definition) is 0. The Morgan fingerprint density at radius 3 is 2.26 bits per heavy atom. The molecule has 0 bridgehead atoms. The second-order valence-electron chi connectivity index (χ2n) is 7.17. The van der Waals surface area contributed by atoms with E-state index in [0.717, 1.165) is 21.9 Å². The molecule has 5 nitrogen and oxygen atoms in total. The fourth-order valence-corrected chi connectivity index (χ4v) is 3.44. The van der Waals surface area contributed by atoms with E-state index in [-0.39, 0.29) is 5.78 Å². The molecule has 0 aliphatic rings. The smallest absolute Gasteiger partial charge is 0.182 e. The number of furan rings is 1. The molecule has 1 heterocycles. The van der Waals surface area contributed by atoms with Gasteiger partial charge in [0.05, 0.1) is 18.8 Å². The fraction of sp³-hybridized carbons (Fsp3) is 0.409. The molecule has 0 atom stereocenters.